The SMILES string of the molecule is C=C(CN1CCOCC1C(=O)NCC)C(=O)O. The summed E-state index contributed by atoms with van der Waals surface area (Å²) in [7, 11) is 0. The Balaban J connectivity index is 2.62. The van der Waals surface area contributed by atoms with Gasteiger partial charge < -0.3 is 15.2 Å². The van der Waals surface area contributed by atoms with Gasteiger partial charge in [-0.15, -0.1) is 0 Å². The minimum absolute atomic E-state index is 0.0844. The highest BCUT2D eigenvalue weighted by Gasteiger charge is 2.29. The third-order valence-corrected chi connectivity index (χ3v) is 2.59. The van der Waals surface area contributed by atoms with Gasteiger partial charge in [-0.1, -0.05) is 6.58 Å². The maximum atomic E-state index is 11.7. The van der Waals surface area contributed by atoms with Gasteiger partial charge in [0.15, 0.2) is 0 Å². The van der Waals surface area contributed by atoms with E-state index in [-0.39, 0.29) is 18.0 Å². The zero-order valence-electron chi connectivity index (χ0n) is 9.94. The van der Waals surface area contributed by atoms with Gasteiger partial charge in [-0.2, -0.15) is 0 Å². The Hall–Kier alpha value is -1.40. The Morgan fingerprint density at radius 2 is 2.29 bits per heavy atom. The predicted octanol–water partition coefficient (Wildman–Crippen LogP) is -0.536. The molecule has 0 aliphatic carbocycles. The van der Waals surface area contributed by atoms with Crippen molar-refractivity contribution in [2.45, 2.75) is 13.0 Å². The van der Waals surface area contributed by atoms with E-state index in [0.717, 1.165) is 0 Å². The van der Waals surface area contributed by atoms with Gasteiger partial charge in [0.2, 0.25) is 5.91 Å². The van der Waals surface area contributed by atoms with Crippen molar-refractivity contribution in [1.82, 2.24) is 10.2 Å². The number of ether oxygens (including phenoxy) is 1. The number of rotatable bonds is 5. The van der Waals surface area contributed by atoms with Gasteiger partial charge in [0.05, 0.1) is 13.2 Å². The van der Waals surface area contributed by atoms with E-state index in [1.165, 1.54) is 0 Å². The fourth-order valence-electron chi connectivity index (χ4n) is 1.67. The van der Waals surface area contributed by atoms with Crippen LogP contribution in [0.15, 0.2) is 12.2 Å². The highest BCUT2D eigenvalue weighted by Crippen LogP contribution is 2.09. The molecule has 1 heterocycles. The lowest BCUT2D eigenvalue weighted by Gasteiger charge is -2.34. The fraction of sp³-hybridized carbons (Fsp3) is 0.636. The first-order chi connectivity index (χ1) is 8.06. The lowest BCUT2D eigenvalue weighted by atomic mass is 10.1. The standard InChI is InChI=1S/C11H18N2O4/c1-3-12-10(14)9-7-17-5-4-13(9)6-8(2)11(15)16/h9H,2-7H2,1H3,(H,12,14)(H,15,16). The van der Waals surface area contributed by atoms with E-state index in [4.69, 9.17) is 9.84 Å². The Morgan fingerprint density at radius 3 is 2.88 bits per heavy atom. The first kappa shape index (κ1) is 13.7. The molecule has 1 amide bonds. The number of hydrogen-bond acceptors (Lipinski definition) is 4. The van der Waals surface area contributed by atoms with Crippen LogP contribution in [0.1, 0.15) is 6.92 Å². The van der Waals surface area contributed by atoms with Crippen LogP contribution in [-0.4, -0.2) is 60.8 Å². The quantitative estimate of drug-likeness (QED) is 0.633. The molecule has 0 saturated carbocycles. The minimum atomic E-state index is -1.04. The van der Waals surface area contributed by atoms with Crippen LogP contribution < -0.4 is 5.32 Å². The summed E-state index contributed by atoms with van der Waals surface area (Å²) < 4.78 is 5.24. The van der Waals surface area contributed by atoms with Crippen molar-refractivity contribution >= 4 is 11.9 Å². The maximum Gasteiger partial charge on any atom is 0.332 e. The summed E-state index contributed by atoms with van der Waals surface area (Å²) in [5.41, 5.74) is 0.0844. The second-order valence-electron chi connectivity index (χ2n) is 3.86. The first-order valence-electron chi connectivity index (χ1n) is 5.56. The molecule has 96 valence electrons. The second kappa shape index (κ2) is 6.36. The van der Waals surface area contributed by atoms with Crippen molar-refractivity contribution in [3.8, 4) is 0 Å². The largest absolute Gasteiger partial charge is 0.478 e. The Labute approximate surface area is 100 Å². The number of nitrogens with one attached hydrogen (secondary N) is 1. The van der Waals surface area contributed by atoms with Crippen LogP contribution in [0.4, 0.5) is 0 Å². The fourth-order valence-corrected chi connectivity index (χ4v) is 1.67. The number of carbonyl (C=O) groups excluding carboxylic acids is 1. The number of aliphatic carboxylic acids is 1. The number of nitrogens with zero attached hydrogens (tertiary/aromatic N) is 1. The van der Waals surface area contributed by atoms with Crippen molar-refractivity contribution in [3.63, 3.8) is 0 Å². The zero-order chi connectivity index (χ0) is 12.8. The summed E-state index contributed by atoms with van der Waals surface area (Å²) in [5, 5.41) is 11.5. The number of hydrogen-bond donors (Lipinski definition) is 2. The minimum Gasteiger partial charge on any atom is -0.478 e. The van der Waals surface area contributed by atoms with Gasteiger partial charge in [0, 0.05) is 25.2 Å². The molecule has 0 radical (unpaired) electrons. The van der Waals surface area contributed by atoms with Gasteiger partial charge in [-0.3, -0.25) is 9.69 Å². The third kappa shape index (κ3) is 3.83. The number of carbonyl (C=O) groups is 2. The number of morpholine rings is 1. The molecule has 2 N–H and O–H groups in total. The molecule has 0 aromatic carbocycles. The van der Waals surface area contributed by atoms with Crippen LogP contribution in [-0.2, 0) is 14.3 Å². The highest BCUT2D eigenvalue weighted by molar-refractivity contribution is 5.86. The molecule has 1 aliphatic rings. The third-order valence-electron chi connectivity index (χ3n) is 2.59. The first-order valence-corrected chi connectivity index (χ1v) is 5.56. The highest BCUT2D eigenvalue weighted by atomic mass is 16.5. The maximum absolute atomic E-state index is 11.7. The van der Waals surface area contributed by atoms with E-state index in [1.54, 1.807) is 4.90 Å². The monoisotopic (exact) mass is 242 g/mol. The molecule has 6 nitrogen and oxygen atoms in total. The molecular weight excluding hydrogens is 224 g/mol. The Bertz CT molecular complexity index is 317. The summed E-state index contributed by atoms with van der Waals surface area (Å²) in [4.78, 5) is 24.2. The van der Waals surface area contributed by atoms with Crippen LogP contribution in [0.3, 0.4) is 0 Å². The summed E-state index contributed by atoms with van der Waals surface area (Å²) in [6, 6.07) is -0.431. The van der Waals surface area contributed by atoms with Crippen molar-refractivity contribution < 1.29 is 19.4 Å². The molecule has 0 aromatic heterocycles. The summed E-state index contributed by atoms with van der Waals surface area (Å²) in [5.74, 6) is -1.17. The van der Waals surface area contributed by atoms with Crippen LogP contribution in [0.5, 0.6) is 0 Å². The lowest BCUT2D eigenvalue weighted by Crippen LogP contribution is -2.54. The molecule has 17 heavy (non-hydrogen) atoms. The van der Waals surface area contributed by atoms with Crippen molar-refractivity contribution in [2.24, 2.45) is 0 Å². The van der Waals surface area contributed by atoms with Crippen LogP contribution in [0.25, 0.3) is 0 Å². The number of likely N-dealkylation sites (N-methyl/N-ethyl adjacent to an activating group) is 1. The normalized spacial score (nSPS) is 20.9. The van der Waals surface area contributed by atoms with Crippen molar-refractivity contribution in [1.29, 1.82) is 0 Å². The molecule has 1 rings (SSSR count). The second-order valence-corrected chi connectivity index (χ2v) is 3.86. The predicted molar refractivity (Wildman–Crippen MR) is 61.6 cm³/mol. The summed E-state index contributed by atoms with van der Waals surface area (Å²) in [6.07, 6.45) is 0. The summed E-state index contributed by atoms with van der Waals surface area (Å²) in [6.45, 7) is 7.36. The summed E-state index contributed by atoms with van der Waals surface area (Å²) >= 11 is 0. The van der Waals surface area contributed by atoms with E-state index < -0.39 is 12.0 Å². The number of amides is 1. The van der Waals surface area contributed by atoms with Gasteiger partial charge in [0.1, 0.15) is 6.04 Å². The smallest absolute Gasteiger partial charge is 0.332 e. The average Bonchev–Trinajstić information content (AvgIpc) is 2.29. The molecule has 1 aliphatic heterocycles. The molecule has 0 bridgehead atoms. The molecule has 1 fully saturated rings. The van der Waals surface area contributed by atoms with Gasteiger partial charge >= 0.3 is 5.97 Å². The van der Waals surface area contributed by atoms with Crippen LogP contribution >= 0.6 is 0 Å². The van der Waals surface area contributed by atoms with E-state index in [0.29, 0.717) is 26.3 Å². The van der Waals surface area contributed by atoms with Gasteiger partial charge in [0.25, 0.3) is 0 Å². The van der Waals surface area contributed by atoms with E-state index in [2.05, 4.69) is 11.9 Å². The van der Waals surface area contributed by atoms with E-state index in [1.807, 2.05) is 6.92 Å². The van der Waals surface area contributed by atoms with Gasteiger partial charge in [-0.25, -0.2) is 4.79 Å². The molecule has 0 aromatic rings. The Kier molecular flexibility index (Phi) is 5.11. The molecule has 0 spiro atoms. The van der Waals surface area contributed by atoms with Crippen molar-refractivity contribution in [3.05, 3.63) is 12.2 Å². The zero-order valence-corrected chi connectivity index (χ0v) is 9.94. The average molecular weight is 242 g/mol. The van der Waals surface area contributed by atoms with Gasteiger partial charge in [-0.05, 0) is 6.92 Å². The van der Waals surface area contributed by atoms with Crippen LogP contribution in [0, 0.1) is 0 Å². The topological polar surface area (TPSA) is 78.9 Å². The molecule has 1 unspecified atom stereocenters. The molecule has 1 saturated heterocycles. The van der Waals surface area contributed by atoms with Crippen molar-refractivity contribution in [2.75, 3.05) is 32.8 Å². The molecule has 6 heteroatoms. The molecular formula is C11H18N2O4. The number of carboxylic acids is 1. The van der Waals surface area contributed by atoms with E-state index >= 15 is 0 Å². The molecule has 1 atom stereocenters. The number of carboxylic acid groups (broad SMARTS) is 1. The van der Waals surface area contributed by atoms with Crippen LogP contribution in [0.2, 0.25) is 0 Å². The van der Waals surface area contributed by atoms with E-state index in [9.17, 15) is 9.59 Å². The lowest BCUT2D eigenvalue weighted by molar-refractivity contribution is -0.136. The Morgan fingerprint density at radius 1 is 1.59 bits per heavy atom.